The number of nitrogens with zero attached hydrogens (tertiary/aromatic N) is 2. The lowest BCUT2D eigenvalue weighted by Gasteiger charge is -2.37. The van der Waals surface area contributed by atoms with E-state index in [1.54, 1.807) is 14.2 Å². The molecule has 0 saturated carbocycles. The highest BCUT2D eigenvalue weighted by Crippen LogP contribution is 2.39. The van der Waals surface area contributed by atoms with Crippen LogP contribution in [-0.2, 0) is 6.54 Å². The minimum Gasteiger partial charge on any atom is -0.497 e. The second-order valence-corrected chi connectivity index (χ2v) is 7.13. The topological polar surface area (TPSA) is 55.7 Å². The average Bonchev–Trinajstić information content (AvgIpc) is 3.23. The van der Waals surface area contributed by atoms with Gasteiger partial charge < -0.3 is 24.3 Å². The van der Waals surface area contributed by atoms with E-state index in [1.807, 2.05) is 66.6 Å². The Morgan fingerprint density at radius 2 is 1.83 bits per heavy atom. The van der Waals surface area contributed by atoms with Gasteiger partial charge in [-0.3, -0.25) is 0 Å². The molecule has 150 valence electrons. The number of aromatic nitrogens is 1. The van der Waals surface area contributed by atoms with E-state index in [9.17, 15) is 4.79 Å². The van der Waals surface area contributed by atoms with Crippen molar-refractivity contribution < 1.29 is 14.3 Å². The first-order chi connectivity index (χ1) is 14.1. The van der Waals surface area contributed by atoms with Crippen molar-refractivity contribution in [3.63, 3.8) is 0 Å². The molecule has 0 radical (unpaired) electrons. The summed E-state index contributed by atoms with van der Waals surface area (Å²) in [5.74, 6) is 1.41. The maximum absolute atomic E-state index is 13.2. The van der Waals surface area contributed by atoms with Crippen LogP contribution in [0.15, 0.2) is 60.8 Å². The van der Waals surface area contributed by atoms with Gasteiger partial charge in [-0.2, -0.15) is 0 Å². The van der Waals surface area contributed by atoms with Crippen LogP contribution in [0.1, 0.15) is 22.9 Å². The minimum atomic E-state index is -0.259. The first kappa shape index (κ1) is 18.9. The lowest BCUT2D eigenvalue weighted by Crippen LogP contribution is -2.44. The Morgan fingerprint density at radius 1 is 1.03 bits per heavy atom. The van der Waals surface area contributed by atoms with E-state index in [4.69, 9.17) is 9.47 Å². The maximum atomic E-state index is 13.2. The van der Waals surface area contributed by atoms with Gasteiger partial charge in [0.05, 0.1) is 14.2 Å². The largest absolute Gasteiger partial charge is 0.497 e. The molecule has 1 N–H and O–H groups in total. The molecule has 1 aliphatic rings. The molecule has 0 saturated heterocycles. The standard InChI is InChI=1S/C23H25N3O3/c1-16-6-8-17(9-7-16)24-23(27)26-14-13-25-12-4-5-20(25)22(26)19-11-10-18(28-2)15-21(19)29-3/h4-12,15,22H,13-14H2,1-3H3,(H,24,27)/t22-/m1/s1. The Morgan fingerprint density at radius 3 is 2.55 bits per heavy atom. The van der Waals surface area contributed by atoms with Crippen molar-refractivity contribution in [3.8, 4) is 11.5 Å². The van der Waals surface area contributed by atoms with Crippen LogP contribution >= 0.6 is 0 Å². The van der Waals surface area contributed by atoms with E-state index in [2.05, 4.69) is 16.0 Å². The van der Waals surface area contributed by atoms with Crippen LogP contribution in [-0.4, -0.2) is 36.3 Å². The summed E-state index contributed by atoms with van der Waals surface area (Å²) < 4.78 is 13.2. The zero-order chi connectivity index (χ0) is 20.4. The molecule has 1 aliphatic heterocycles. The number of methoxy groups -OCH3 is 2. The maximum Gasteiger partial charge on any atom is 0.322 e. The van der Waals surface area contributed by atoms with Crippen LogP contribution in [0.3, 0.4) is 0 Å². The number of fused-ring (bicyclic) bond motifs is 1. The van der Waals surface area contributed by atoms with Crippen molar-refractivity contribution >= 4 is 11.7 Å². The summed E-state index contributed by atoms with van der Waals surface area (Å²) in [6.07, 6.45) is 2.05. The molecule has 2 amide bonds. The first-order valence-corrected chi connectivity index (χ1v) is 9.62. The van der Waals surface area contributed by atoms with E-state index >= 15 is 0 Å². The van der Waals surface area contributed by atoms with Crippen molar-refractivity contribution in [1.82, 2.24) is 9.47 Å². The van der Waals surface area contributed by atoms with Gasteiger partial charge in [-0.15, -0.1) is 0 Å². The molecule has 3 aromatic rings. The third-order valence-electron chi connectivity index (χ3n) is 5.34. The molecule has 29 heavy (non-hydrogen) atoms. The van der Waals surface area contributed by atoms with Gasteiger partial charge in [0, 0.05) is 42.3 Å². The molecule has 0 bridgehead atoms. The number of ether oxygens (including phenoxy) is 2. The number of urea groups is 1. The van der Waals surface area contributed by atoms with E-state index in [1.165, 1.54) is 0 Å². The van der Waals surface area contributed by atoms with Crippen molar-refractivity contribution in [2.75, 3.05) is 26.1 Å². The number of carbonyl (C=O) groups excluding carboxylic acids is 1. The van der Waals surface area contributed by atoms with E-state index in [-0.39, 0.29) is 12.1 Å². The van der Waals surface area contributed by atoms with Gasteiger partial charge in [0.2, 0.25) is 0 Å². The summed E-state index contributed by atoms with van der Waals surface area (Å²) in [6, 6.07) is 17.2. The quantitative estimate of drug-likeness (QED) is 0.715. The predicted molar refractivity (Wildman–Crippen MR) is 113 cm³/mol. The number of anilines is 1. The summed E-state index contributed by atoms with van der Waals surface area (Å²) in [5, 5.41) is 3.03. The van der Waals surface area contributed by atoms with Crippen molar-refractivity contribution in [1.29, 1.82) is 0 Å². The Kier molecular flexibility index (Phi) is 5.16. The number of nitrogens with one attached hydrogen (secondary N) is 1. The fraction of sp³-hybridized carbons (Fsp3) is 0.261. The summed E-state index contributed by atoms with van der Waals surface area (Å²) in [6.45, 7) is 3.37. The van der Waals surface area contributed by atoms with Gasteiger partial charge >= 0.3 is 6.03 Å². The summed E-state index contributed by atoms with van der Waals surface area (Å²) in [4.78, 5) is 15.1. The molecular weight excluding hydrogens is 366 g/mol. The average molecular weight is 391 g/mol. The van der Waals surface area contributed by atoms with Gasteiger partial charge in [0.25, 0.3) is 0 Å². The van der Waals surface area contributed by atoms with Gasteiger partial charge in [0.15, 0.2) is 0 Å². The fourth-order valence-corrected chi connectivity index (χ4v) is 3.81. The number of rotatable bonds is 4. The van der Waals surface area contributed by atoms with Crippen molar-refractivity contribution in [2.45, 2.75) is 19.5 Å². The van der Waals surface area contributed by atoms with Crippen molar-refractivity contribution in [3.05, 3.63) is 77.6 Å². The molecule has 0 unspecified atom stereocenters. The zero-order valence-corrected chi connectivity index (χ0v) is 16.9. The van der Waals surface area contributed by atoms with Gasteiger partial charge in [0.1, 0.15) is 17.5 Å². The Balaban J connectivity index is 1.71. The van der Waals surface area contributed by atoms with Crippen LogP contribution in [0.5, 0.6) is 11.5 Å². The summed E-state index contributed by atoms with van der Waals surface area (Å²) >= 11 is 0. The van der Waals surface area contributed by atoms with Crippen LogP contribution in [0.4, 0.5) is 10.5 Å². The second-order valence-electron chi connectivity index (χ2n) is 7.13. The Hall–Kier alpha value is -3.41. The number of benzene rings is 2. The Labute approximate surface area is 170 Å². The summed E-state index contributed by atoms with van der Waals surface area (Å²) in [7, 11) is 3.26. The molecule has 2 aromatic carbocycles. The third kappa shape index (κ3) is 3.66. The summed E-state index contributed by atoms with van der Waals surface area (Å²) in [5.41, 5.74) is 3.91. The number of amides is 2. The normalized spacial score (nSPS) is 15.6. The number of hydrogen-bond acceptors (Lipinski definition) is 3. The van der Waals surface area contributed by atoms with Crippen LogP contribution in [0.2, 0.25) is 0 Å². The molecular formula is C23H25N3O3. The van der Waals surface area contributed by atoms with E-state index in [0.29, 0.717) is 18.0 Å². The minimum absolute atomic E-state index is 0.135. The second kappa shape index (κ2) is 7.91. The zero-order valence-electron chi connectivity index (χ0n) is 16.9. The van der Waals surface area contributed by atoms with E-state index < -0.39 is 0 Å². The highest BCUT2D eigenvalue weighted by molar-refractivity contribution is 5.90. The highest BCUT2D eigenvalue weighted by atomic mass is 16.5. The monoisotopic (exact) mass is 391 g/mol. The van der Waals surface area contributed by atoms with Crippen LogP contribution in [0, 0.1) is 6.92 Å². The number of carbonyl (C=O) groups is 1. The molecule has 1 atom stereocenters. The smallest absolute Gasteiger partial charge is 0.322 e. The molecule has 1 aromatic heterocycles. The van der Waals surface area contributed by atoms with Crippen molar-refractivity contribution in [2.24, 2.45) is 0 Å². The highest BCUT2D eigenvalue weighted by Gasteiger charge is 2.34. The van der Waals surface area contributed by atoms with Gasteiger partial charge in [-0.25, -0.2) is 4.79 Å². The van der Waals surface area contributed by atoms with Crippen LogP contribution < -0.4 is 14.8 Å². The van der Waals surface area contributed by atoms with E-state index in [0.717, 1.165) is 29.1 Å². The predicted octanol–water partition coefficient (Wildman–Crippen LogP) is 4.45. The lowest BCUT2D eigenvalue weighted by molar-refractivity contribution is 0.180. The number of hydrogen-bond donors (Lipinski definition) is 1. The van der Waals surface area contributed by atoms with Crippen LogP contribution in [0.25, 0.3) is 0 Å². The molecule has 6 heteroatoms. The van der Waals surface area contributed by atoms with Gasteiger partial charge in [-0.05, 0) is 43.3 Å². The molecule has 0 spiro atoms. The third-order valence-corrected chi connectivity index (χ3v) is 5.34. The lowest BCUT2D eigenvalue weighted by atomic mass is 9.99. The SMILES string of the molecule is COc1ccc([C@@H]2c3cccn3CCN2C(=O)Nc2ccc(C)cc2)c(OC)c1. The van der Waals surface area contributed by atoms with Gasteiger partial charge in [-0.1, -0.05) is 17.7 Å². The molecule has 2 heterocycles. The molecule has 0 aliphatic carbocycles. The number of aryl methyl sites for hydroxylation is 1. The fourth-order valence-electron chi connectivity index (χ4n) is 3.81. The molecule has 0 fully saturated rings. The first-order valence-electron chi connectivity index (χ1n) is 9.62. The Bertz CT molecular complexity index is 1010. The molecule has 6 nitrogen and oxygen atoms in total. The molecule has 4 rings (SSSR count).